The van der Waals surface area contributed by atoms with Gasteiger partial charge in [-0.2, -0.15) is 0 Å². The molecule has 0 saturated carbocycles. The lowest BCUT2D eigenvalue weighted by Crippen LogP contribution is -2.37. The summed E-state index contributed by atoms with van der Waals surface area (Å²) in [4.78, 5) is 23.8. The predicted octanol–water partition coefficient (Wildman–Crippen LogP) is 1.92. The first kappa shape index (κ1) is 17.3. The first-order chi connectivity index (χ1) is 12.8. The van der Waals surface area contributed by atoms with E-state index in [2.05, 4.69) is 0 Å². The van der Waals surface area contributed by atoms with Gasteiger partial charge < -0.3 is 9.15 Å². The van der Waals surface area contributed by atoms with Crippen molar-refractivity contribution < 1.29 is 22.4 Å². The van der Waals surface area contributed by atoms with Crippen LogP contribution in [0.25, 0.3) is 11.1 Å². The molecule has 8 nitrogen and oxygen atoms in total. The molecule has 0 atom stereocenters. The number of methoxy groups -OCH3 is 1. The van der Waals surface area contributed by atoms with E-state index in [9.17, 15) is 18.0 Å². The Labute approximate surface area is 154 Å². The number of hydrogen-bond donors (Lipinski definition) is 0. The van der Waals surface area contributed by atoms with E-state index in [1.165, 1.54) is 40.2 Å². The third-order valence-corrected chi connectivity index (χ3v) is 6.48. The maximum absolute atomic E-state index is 13.2. The molecule has 1 aromatic heterocycles. The van der Waals surface area contributed by atoms with Crippen LogP contribution in [0.15, 0.2) is 50.5 Å². The Hall–Kier alpha value is -3.07. The molecule has 0 spiro atoms. The third-order valence-electron chi connectivity index (χ3n) is 4.67. The number of aromatic nitrogens is 1. The Morgan fingerprint density at radius 1 is 1.11 bits per heavy atom. The molecule has 9 heteroatoms. The highest BCUT2D eigenvalue weighted by Crippen LogP contribution is 2.35. The molecule has 0 radical (unpaired) electrons. The number of sulfonamides is 1. The number of hydrogen-bond acceptors (Lipinski definition) is 6. The quantitative estimate of drug-likeness (QED) is 0.680. The van der Waals surface area contributed by atoms with Gasteiger partial charge in [-0.25, -0.2) is 13.2 Å². The molecule has 1 aliphatic rings. The van der Waals surface area contributed by atoms with E-state index in [4.69, 9.17) is 9.15 Å². The molecule has 0 N–H and O–H groups in total. The van der Waals surface area contributed by atoms with E-state index in [0.717, 1.165) is 0 Å². The predicted molar refractivity (Wildman–Crippen MR) is 97.9 cm³/mol. The molecule has 2 aromatic carbocycles. The molecule has 0 unspecified atom stereocenters. The zero-order chi connectivity index (χ0) is 19.3. The lowest BCUT2D eigenvalue weighted by atomic mass is 10.0. The molecule has 0 saturated heterocycles. The van der Waals surface area contributed by atoms with Crippen LogP contribution in [0.3, 0.4) is 0 Å². The van der Waals surface area contributed by atoms with Gasteiger partial charge in [-0.3, -0.25) is 13.7 Å². The zero-order valence-corrected chi connectivity index (χ0v) is 15.4. The van der Waals surface area contributed by atoms with E-state index in [-0.39, 0.29) is 34.9 Å². The Morgan fingerprint density at radius 3 is 2.63 bits per heavy atom. The molecule has 140 valence electrons. The van der Waals surface area contributed by atoms with Crippen LogP contribution in [0, 0.1) is 0 Å². The van der Waals surface area contributed by atoms with Crippen molar-refractivity contribution in [2.75, 3.05) is 18.0 Å². The number of aryl methyl sites for hydroxylation is 1. The fourth-order valence-corrected chi connectivity index (χ4v) is 4.68. The molecular formula is C18H16N2O6S. The number of carbonyl (C=O) groups is 1. The second-order valence-corrected chi connectivity index (χ2v) is 8.05. The number of oxazole rings is 1. The van der Waals surface area contributed by atoms with E-state index in [1.54, 1.807) is 19.2 Å². The Kier molecular flexibility index (Phi) is 3.84. The number of rotatable bonds is 3. The molecular weight excluding hydrogens is 372 g/mol. The van der Waals surface area contributed by atoms with Gasteiger partial charge in [-0.1, -0.05) is 0 Å². The van der Waals surface area contributed by atoms with Crippen molar-refractivity contribution in [3.05, 3.63) is 52.5 Å². The zero-order valence-electron chi connectivity index (χ0n) is 14.6. The monoisotopic (exact) mass is 388 g/mol. The highest BCUT2D eigenvalue weighted by Gasteiger charge is 2.33. The van der Waals surface area contributed by atoms with Crippen molar-refractivity contribution in [1.29, 1.82) is 0 Å². The molecule has 1 aliphatic heterocycles. The van der Waals surface area contributed by atoms with E-state index in [1.807, 2.05) is 0 Å². The van der Waals surface area contributed by atoms with Crippen LogP contribution in [0.5, 0.6) is 5.75 Å². The first-order valence-electron chi connectivity index (χ1n) is 8.16. The maximum Gasteiger partial charge on any atom is 0.419 e. The normalized spacial score (nSPS) is 14.4. The highest BCUT2D eigenvalue weighted by atomic mass is 32.2. The SMILES string of the molecule is COc1ccc2c(c1)N(S(=O)(=O)c1ccc3c(c1)oc(=O)n3C)CCC2=O. The van der Waals surface area contributed by atoms with Gasteiger partial charge in [-0.05, 0) is 24.3 Å². The van der Waals surface area contributed by atoms with Crippen LogP contribution in [0.4, 0.5) is 5.69 Å². The average Bonchev–Trinajstić information content (AvgIpc) is 2.95. The van der Waals surface area contributed by atoms with Crippen molar-refractivity contribution in [2.24, 2.45) is 7.05 Å². The Balaban J connectivity index is 1.87. The van der Waals surface area contributed by atoms with E-state index < -0.39 is 15.8 Å². The molecule has 0 bridgehead atoms. The van der Waals surface area contributed by atoms with E-state index >= 15 is 0 Å². The lowest BCUT2D eigenvalue weighted by Gasteiger charge is -2.30. The highest BCUT2D eigenvalue weighted by molar-refractivity contribution is 7.92. The minimum absolute atomic E-state index is 0.0209. The van der Waals surface area contributed by atoms with Gasteiger partial charge in [0.25, 0.3) is 10.0 Å². The van der Waals surface area contributed by atoms with Crippen molar-refractivity contribution >= 4 is 32.6 Å². The van der Waals surface area contributed by atoms with Crippen LogP contribution >= 0.6 is 0 Å². The number of Topliss-reactive ketones (excluding diaryl/α,β-unsaturated/α-hetero) is 1. The summed E-state index contributed by atoms with van der Waals surface area (Å²) < 4.78 is 39.2. The van der Waals surface area contributed by atoms with Crippen LogP contribution in [-0.4, -0.2) is 32.4 Å². The van der Waals surface area contributed by atoms with Gasteiger partial charge >= 0.3 is 5.76 Å². The fourth-order valence-electron chi connectivity index (χ4n) is 3.19. The Bertz CT molecular complexity index is 1240. The number of anilines is 1. The van der Waals surface area contributed by atoms with Crippen molar-refractivity contribution in [1.82, 2.24) is 4.57 Å². The van der Waals surface area contributed by atoms with Crippen LogP contribution in [-0.2, 0) is 17.1 Å². The van der Waals surface area contributed by atoms with Crippen molar-refractivity contribution in [3.8, 4) is 5.75 Å². The molecule has 0 aliphatic carbocycles. The third kappa shape index (κ3) is 2.62. The van der Waals surface area contributed by atoms with Gasteiger partial charge in [-0.15, -0.1) is 0 Å². The molecule has 3 aromatic rings. The van der Waals surface area contributed by atoms with Crippen LogP contribution < -0.4 is 14.8 Å². The standard InChI is InChI=1S/C18H16N2O6S/c1-19-14-6-4-12(10-17(14)26-18(19)22)27(23,24)20-8-7-16(21)13-5-3-11(25-2)9-15(13)20/h3-6,9-10H,7-8H2,1-2H3. The molecule has 4 rings (SSSR count). The molecule has 27 heavy (non-hydrogen) atoms. The van der Waals surface area contributed by atoms with Gasteiger partial charge in [0, 0.05) is 37.7 Å². The summed E-state index contributed by atoms with van der Waals surface area (Å²) in [7, 11) is -0.953. The summed E-state index contributed by atoms with van der Waals surface area (Å²) in [6.07, 6.45) is 0.0845. The van der Waals surface area contributed by atoms with Gasteiger partial charge in [0.2, 0.25) is 0 Å². The summed E-state index contributed by atoms with van der Waals surface area (Å²) in [6, 6.07) is 8.99. The number of fused-ring (bicyclic) bond motifs is 2. The van der Waals surface area contributed by atoms with Gasteiger partial charge in [0.1, 0.15) is 5.75 Å². The summed E-state index contributed by atoms with van der Waals surface area (Å²) in [5.74, 6) is -0.241. The Morgan fingerprint density at radius 2 is 1.89 bits per heavy atom. The molecule has 2 heterocycles. The summed E-state index contributed by atoms with van der Waals surface area (Å²) in [6.45, 7) is 0.0259. The summed E-state index contributed by atoms with van der Waals surface area (Å²) in [5, 5.41) is 0. The second kappa shape index (κ2) is 5.98. The van der Waals surface area contributed by atoms with Crippen molar-refractivity contribution in [3.63, 3.8) is 0 Å². The number of ketones is 1. The molecule has 0 fully saturated rings. The van der Waals surface area contributed by atoms with Crippen LogP contribution in [0.1, 0.15) is 16.8 Å². The topological polar surface area (TPSA) is 98.8 Å². The molecule has 0 amide bonds. The largest absolute Gasteiger partial charge is 0.497 e. The summed E-state index contributed by atoms with van der Waals surface area (Å²) in [5.41, 5.74) is 1.29. The van der Waals surface area contributed by atoms with Crippen molar-refractivity contribution in [2.45, 2.75) is 11.3 Å². The lowest BCUT2D eigenvalue weighted by molar-refractivity contribution is 0.0982. The summed E-state index contributed by atoms with van der Waals surface area (Å²) >= 11 is 0. The number of carbonyl (C=O) groups excluding carboxylic acids is 1. The minimum atomic E-state index is -3.96. The number of benzene rings is 2. The van der Waals surface area contributed by atoms with E-state index in [0.29, 0.717) is 16.8 Å². The van der Waals surface area contributed by atoms with Gasteiger partial charge in [0.05, 0.1) is 23.2 Å². The maximum atomic E-state index is 13.2. The fraction of sp³-hybridized carbons (Fsp3) is 0.222. The number of nitrogens with zero attached hydrogens (tertiary/aromatic N) is 2. The second-order valence-electron chi connectivity index (χ2n) is 6.19. The van der Waals surface area contributed by atoms with Gasteiger partial charge in [0.15, 0.2) is 11.4 Å². The smallest absolute Gasteiger partial charge is 0.419 e. The first-order valence-corrected chi connectivity index (χ1v) is 9.60. The number of ether oxygens (including phenoxy) is 1. The average molecular weight is 388 g/mol. The minimum Gasteiger partial charge on any atom is -0.497 e. The van der Waals surface area contributed by atoms with Crippen LogP contribution in [0.2, 0.25) is 0 Å².